The third-order valence-electron chi connectivity index (χ3n) is 5.72. The quantitative estimate of drug-likeness (QED) is 0.626. The topological polar surface area (TPSA) is 62.6 Å². The Bertz CT molecular complexity index is 1010. The Labute approximate surface area is 176 Å². The number of carbonyl (C=O) groups is 2. The lowest BCUT2D eigenvalue weighted by Gasteiger charge is -2.25. The number of anilines is 1. The molecular weight excluding hydrogens is 376 g/mol. The number of likely N-dealkylation sites (tertiary alicyclic amines) is 1. The molecule has 0 saturated carbocycles. The predicted molar refractivity (Wildman–Crippen MR) is 117 cm³/mol. The van der Waals surface area contributed by atoms with Gasteiger partial charge in [0.05, 0.1) is 6.26 Å². The van der Waals surface area contributed by atoms with Crippen LogP contribution >= 0.6 is 0 Å². The minimum Gasteiger partial charge on any atom is -0.459 e. The number of amides is 2. The lowest BCUT2D eigenvalue weighted by Crippen LogP contribution is -2.35. The van der Waals surface area contributed by atoms with Gasteiger partial charge in [-0.25, -0.2) is 0 Å². The number of carbonyl (C=O) groups excluding carboxylic acids is 2. The Kier molecular flexibility index (Phi) is 5.98. The molecule has 1 unspecified atom stereocenters. The van der Waals surface area contributed by atoms with Gasteiger partial charge >= 0.3 is 0 Å². The highest BCUT2D eigenvalue weighted by Crippen LogP contribution is 2.26. The molecule has 0 aliphatic carbocycles. The first-order valence-corrected chi connectivity index (χ1v) is 10.4. The van der Waals surface area contributed by atoms with E-state index in [9.17, 15) is 9.59 Å². The zero-order valence-corrected chi connectivity index (χ0v) is 17.1. The zero-order chi connectivity index (χ0) is 20.9. The number of furan rings is 1. The summed E-state index contributed by atoms with van der Waals surface area (Å²) >= 11 is 0. The fraction of sp³-hybridized carbons (Fsp3) is 0.280. The second-order valence-corrected chi connectivity index (χ2v) is 7.78. The van der Waals surface area contributed by atoms with E-state index in [1.165, 1.54) is 11.8 Å². The van der Waals surface area contributed by atoms with Crippen LogP contribution in [0.5, 0.6) is 0 Å². The molecule has 1 aliphatic heterocycles. The van der Waals surface area contributed by atoms with Crippen molar-refractivity contribution in [3.63, 3.8) is 0 Å². The average molecular weight is 402 g/mol. The van der Waals surface area contributed by atoms with Crippen LogP contribution in [0.4, 0.5) is 5.69 Å². The van der Waals surface area contributed by atoms with Gasteiger partial charge in [0.25, 0.3) is 11.8 Å². The largest absolute Gasteiger partial charge is 0.459 e. The molecule has 5 heteroatoms. The molecule has 0 radical (unpaired) electrons. The standard InChI is InChI=1S/C25H26N2O3/c1-18-11-13-20(17-22(18)26-24(28)23-10-6-16-30-23)25(29)27-15-5-9-21(27)14-12-19-7-3-2-4-8-19/h2-4,6-8,10-11,13,16-17,21H,5,9,12,14-15H2,1H3,(H,26,28). The number of aryl methyl sites for hydroxylation is 2. The van der Waals surface area contributed by atoms with Crippen LogP contribution in [0.1, 0.15) is 51.3 Å². The second kappa shape index (κ2) is 8.99. The van der Waals surface area contributed by atoms with Crippen LogP contribution in [-0.4, -0.2) is 29.3 Å². The van der Waals surface area contributed by atoms with Crippen molar-refractivity contribution < 1.29 is 14.0 Å². The summed E-state index contributed by atoms with van der Waals surface area (Å²) in [5.41, 5.74) is 3.42. The molecule has 1 atom stereocenters. The SMILES string of the molecule is Cc1ccc(C(=O)N2CCCC2CCc2ccccc2)cc1NC(=O)c1ccco1. The van der Waals surface area contributed by atoms with E-state index in [1.807, 2.05) is 30.0 Å². The Balaban J connectivity index is 1.46. The molecular formula is C25H26N2O3. The van der Waals surface area contributed by atoms with Crippen molar-refractivity contribution in [2.45, 2.75) is 38.6 Å². The van der Waals surface area contributed by atoms with Crippen molar-refractivity contribution in [1.82, 2.24) is 4.90 Å². The number of rotatable bonds is 6. The molecule has 5 nitrogen and oxygen atoms in total. The van der Waals surface area contributed by atoms with E-state index in [-0.39, 0.29) is 23.6 Å². The molecule has 1 aliphatic rings. The monoisotopic (exact) mass is 402 g/mol. The summed E-state index contributed by atoms with van der Waals surface area (Å²) in [7, 11) is 0. The normalized spacial score (nSPS) is 15.9. The van der Waals surface area contributed by atoms with E-state index < -0.39 is 0 Å². The number of nitrogens with zero attached hydrogens (tertiary/aromatic N) is 1. The minimum absolute atomic E-state index is 0.0269. The second-order valence-electron chi connectivity index (χ2n) is 7.78. The van der Waals surface area contributed by atoms with Crippen LogP contribution < -0.4 is 5.32 Å². The highest BCUT2D eigenvalue weighted by atomic mass is 16.3. The Morgan fingerprint density at radius 3 is 2.70 bits per heavy atom. The summed E-state index contributed by atoms with van der Waals surface area (Å²) in [4.78, 5) is 27.6. The first-order chi connectivity index (χ1) is 14.6. The van der Waals surface area contributed by atoms with Gasteiger partial charge in [0.2, 0.25) is 0 Å². The number of hydrogen-bond acceptors (Lipinski definition) is 3. The smallest absolute Gasteiger partial charge is 0.291 e. The third-order valence-corrected chi connectivity index (χ3v) is 5.72. The molecule has 154 valence electrons. The summed E-state index contributed by atoms with van der Waals surface area (Å²) in [6.07, 6.45) is 5.45. The number of benzene rings is 2. The maximum Gasteiger partial charge on any atom is 0.291 e. The van der Waals surface area contributed by atoms with Gasteiger partial charge < -0.3 is 14.6 Å². The lowest BCUT2D eigenvalue weighted by atomic mass is 10.0. The highest BCUT2D eigenvalue weighted by molar-refractivity contribution is 6.04. The van der Waals surface area contributed by atoms with E-state index in [0.29, 0.717) is 11.3 Å². The van der Waals surface area contributed by atoms with Crippen molar-refractivity contribution >= 4 is 17.5 Å². The van der Waals surface area contributed by atoms with Gasteiger partial charge in [-0.15, -0.1) is 0 Å². The van der Waals surface area contributed by atoms with Crippen molar-refractivity contribution in [2.75, 3.05) is 11.9 Å². The van der Waals surface area contributed by atoms with Gasteiger partial charge in [0.1, 0.15) is 0 Å². The van der Waals surface area contributed by atoms with Gasteiger partial charge in [0, 0.05) is 23.8 Å². The number of hydrogen-bond donors (Lipinski definition) is 1. The molecule has 1 saturated heterocycles. The van der Waals surface area contributed by atoms with Gasteiger partial charge in [-0.2, -0.15) is 0 Å². The van der Waals surface area contributed by atoms with Crippen LogP contribution in [0.2, 0.25) is 0 Å². The van der Waals surface area contributed by atoms with Gasteiger partial charge in [0.15, 0.2) is 5.76 Å². The Morgan fingerprint density at radius 2 is 1.93 bits per heavy atom. The first kappa shape index (κ1) is 20.0. The van der Waals surface area contributed by atoms with Crippen LogP contribution in [0.3, 0.4) is 0 Å². The van der Waals surface area contributed by atoms with Crippen molar-refractivity contribution in [3.8, 4) is 0 Å². The molecule has 2 aromatic carbocycles. The maximum atomic E-state index is 13.2. The molecule has 0 bridgehead atoms. The Hall–Kier alpha value is -3.34. The van der Waals surface area contributed by atoms with Crippen LogP contribution in [0, 0.1) is 6.92 Å². The molecule has 30 heavy (non-hydrogen) atoms. The van der Waals surface area contributed by atoms with Gasteiger partial charge in [-0.1, -0.05) is 36.4 Å². The van der Waals surface area contributed by atoms with Crippen LogP contribution in [0.25, 0.3) is 0 Å². The summed E-state index contributed by atoms with van der Waals surface area (Å²) in [5, 5.41) is 2.85. The summed E-state index contributed by atoms with van der Waals surface area (Å²) in [5.74, 6) is -0.0553. The molecule has 1 aromatic heterocycles. The molecule has 1 fully saturated rings. The van der Waals surface area contributed by atoms with Crippen LogP contribution in [0.15, 0.2) is 71.3 Å². The predicted octanol–water partition coefficient (Wildman–Crippen LogP) is 5.08. The van der Waals surface area contributed by atoms with Crippen molar-refractivity contribution in [1.29, 1.82) is 0 Å². The van der Waals surface area contributed by atoms with E-state index in [1.54, 1.807) is 18.2 Å². The van der Waals surface area contributed by atoms with Crippen molar-refractivity contribution in [3.05, 3.63) is 89.4 Å². The first-order valence-electron chi connectivity index (χ1n) is 10.4. The molecule has 3 aromatic rings. The molecule has 1 N–H and O–H groups in total. The summed E-state index contributed by atoms with van der Waals surface area (Å²) in [6, 6.07) is 19.4. The van der Waals surface area contributed by atoms with E-state index in [2.05, 4.69) is 29.6 Å². The summed E-state index contributed by atoms with van der Waals surface area (Å²) < 4.78 is 5.16. The fourth-order valence-corrected chi connectivity index (χ4v) is 4.03. The molecule has 0 spiro atoms. The lowest BCUT2D eigenvalue weighted by molar-refractivity contribution is 0.0730. The Morgan fingerprint density at radius 1 is 1.10 bits per heavy atom. The van der Waals surface area contributed by atoms with Crippen molar-refractivity contribution in [2.24, 2.45) is 0 Å². The van der Waals surface area contributed by atoms with Gasteiger partial charge in [-0.3, -0.25) is 9.59 Å². The summed E-state index contributed by atoms with van der Waals surface area (Å²) in [6.45, 7) is 2.69. The van der Waals surface area contributed by atoms with E-state index >= 15 is 0 Å². The highest BCUT2D eigenvalue weighted by Gasteiger charge is 2.29. The van der Waals surface area contributed by atoms with Crippen LogP contribution in [-0.2, 0) is 6.42 Å². The van der Waals surface area contributed by atoms with E-state index in [0.717, 1.165) is 37.8 Å². The zero-order valence-electron chi connectivity index (χ0n) is 17.1. The average Bonchev–Trinajstić information content (AvgIpc) is 3.46. The minimum atomic E-state index is -0.324. The number of nitrogens with one attached hydrogen (secondary N) is 1. The molecule has 4 rings (SSSR count). The van der Waals surface area contributed by atoms with Gasteiger partial charge in [-0.05, 0) is 68.0 Å². The maximum absolute atomic E-state index is 13.2. The molecule has 2 heterocycles. The third kappa shape index (κ3) is 4.46. The molecule has 2 amide bonds. The fourth-order valence-electron chi connectivity index (χ4n) is 4.03. The van der Waals surface area contributed by atoms with E-state index in [4.69, 9.17) is 4.42 Å².